The number of aromatic hydroxyl groups is 1. The van der Waals surface area contributed by atoms with E-state index < -0.39 is 0 Å². The summed E-state index contributed by atoms with van der Waals surface area (Å²) in [6.07, 6.45) is 0.176. The highest BCUT2D eigenvalue weighted by Crippen LogP contribution is 2.24. The van der Waals surface area contributed by atoms with Crippen LogP contribution in [0.3, 0.4) is 0 Å². The van der Waals surface area contributed by atoms with Crippen LogP contribution in [0.15, 0.2) is 72.8 Å². The maximum Gasteiger partial charge on any atom is 0.224 e. The van der Waals surface area contributed by atoms with Gasteiger partial charge in [0.05, 0.1) is 5.69 Å². The number of carbonyl (C=O) groups excluding carboxylic acids is 2. The van der Waals surface area contributed by atoms with Crippen molar-refractivity contribution in [1.29, 1.82) is 0 Å². The number of hydrogen-bond donors (Lipinski definition) is 2. The van der Waals surface area contributed by atoms with Crippen molar-refractivity contribution >= 4 is 17.4 Å². The zero-order valence-corrected chi connectivity index (χ0v) is 15.1. The highest BCUT2D eigenvalue weighted by Gasteiger charge is 2.11. The second-order valence-electron chi connectivity index (χ2n) is 6.44. The van der Waals surface area contributed by atoms with Crippen molar-refractivity contribution in [3.63, 3.8) is 0 Å². The van der Waals surface area contributed by atoms with Gasteiger partial charge in [0, 0.05) is 18.4 Å². The molecule has 0 aliphatic heterocycles. The van der Waals surface area contributed by atoms with Crippen LogP contribution in [0.4, 0.5) is 5.69 Å². The van der Waals surface area contributed by atoms with Gasteiger partial charge in [0.2, 0.25) is 5.91 Å². The highest BCUT2D eigenvalue weighted by molar-refractivity contribution is 6.00. The van der Waals surface area contributed by atoms with Crippen LogP contribution in [0, 0.1) is 6.92 Å². The van der Waals surface area contributed by atoms with Crippen LogP contribution >= 0.6 is 0 Å². The molecule has 136 valence electrons. The summed E-state index contributed by atoms with van der Waals surface area (Å²) in [6, 6.07) is 22.4. The van der Waals surface area contributed by atoms with Gasteiger partial charge in [-0.15, -0.1) is 0 Å². The summed E-state index contributed by atoms with van der Waals surface area (Å²) < 4.78 is 0. The summed E-state index contributed by atoms with van der Waals surface area (Å²) in [5.41, 5.74) is 3.97. The fraction of sp³-hybridized carbons (Fsp3) is 0.130. The predicted molar refractivity (Wildman–Crippen MR) is 107 cm³/mol. The number of phenolic OH excluding ortho intramolecular Hbond substituents is 1. The first-order valence-electron chi connectivity index (χ1n) is 8.81. The number of phenols is 1. The van der Waals surface area contributed by atoms with E-state index in [1.54, 1.807) is 30.3 Å². The molecule has 3 aromatic carbocycles. The van der Waals surface area contributed by atoms with Crippen LogP contribution in [-0.2, 0) is 4.79 Å². The smallest absolute Gasteiger partial charge is 0.224 e. The number of hydrogen-bond acceptors (Lipinski definition) is 3. The molecule has 4 nitrogen and oxygen atoms in total. The Morgan fingerprint density at radius 2 is 1.52 bits per heavy atom. The standard InChI is InChI=1S/C23H21NO3/c1-16-7-12-20(22(26)15-16)24-23(27)14-13-21(25)19-10-8-18(9-11-19)17-5-3-2-4-6-17/h2-12,15,26H,13-14H2,1H3,(H,24,27). The first-order valence-corrected chi connectivity index (χ1v) is 8.81. The maximum atomic E-state index is 12.3. The van der Waals surface area contributed by atoms with Gasteiger partial charge in [0.1, 0.15) is 5.75 Å². The Morgan fingerprint density at radius 3 is 2.19 bits per heavy atom. The fourth-order valence-electron chi connectivity index (χ4n) is 2.81. The third-order valence-electron chi connectivity index (χ3n) is 4.32. The lowest BCUT2D eigenvalue weighted by Crippen LogP contribution is -2.13. The van der Waals surface area contributed by atoms with Crippen LogP contribution < -0.4 is 5.32 Å². The third kappa shape index (κ3) is 4.82. The van der Waals surface area contributed by atoms with E-state index in [1.165, 1.54) is 0 Å². The largest absolute Gasteiger partial charge is 0.506 e. The Hall–Kier alpha value is -3.40. The second kappa shape index (κ2) is 8.32. The summed E-state index contributed by atoms with van der Waals surface area (Å²) in [5.74, 6) is -0.368. The van der Waals surface area contributed by atoms with Crippen molar-refractivity contribution in [2.24, 2.45) is 0 Å². The van der Waals surface area contributed by atoms with Crippen molar-refractivity contribution in [3.05, 3.63) is 83.9 Å². The number of benzene rings is 3. The molecule has 4 heteroatoms. The van der Waals surface area contributed by atoms with E-state index in [0.29, 0.717) is 11.3 Å². The van der Waals surface area contributed by atoms with E-state index >= 15 is 0 Å². The number of aryl methyl sites for hydroxylation is 1. The van der Waals surface area contributed by atoms with Crippen molar-refractivity contribution in [1.82, 2.24) is 0 Å². The number of amides is 1. The first kappa shape index (κ1) is 18.4. The van der Waals surface area contributed by atoms with Gasteiger partial charge < -0.3 is 10.4 Å². The molecule has 0 atom stereocenters. The van der Waals surface area contributed by atoms with Crippen molar-refractivity contribution in [2.45, 2.75) is 19.8 Å². The summed E-state index contributed by atoms with van der Waals surface area (Å²) in [4.78, 5) is 24.4. The quantitative estimate of drug-likeness (QED) is 0.482. The summed E-state index contributed by atoms with van der Waals surface area (Å²) in [6.45, 7) is 1.85. The summed E-state index contributed by atoms with van der Waals surface area (Å²) >= 11 is 0. The molecule has 0 fully saturated rings. The van der Waals surface area contributed by atoms with Gasteiger partial charge in [-0.1, -0.05) is 60.7 Å². The van der Waals surface area contributed by atoms with Crippen LogP contribution in [0.1, 0.15) is 28.8 Å². The highest BCUT2D eigenvalue weighted by atomic mass is 16.3. The minimum Gasteiger partial charge on any atom is -0.506 e. The maximum absolute atomic E-state index is 12.3. The average molecular weight is 359 g/mol. The van der Waals surface area contributed by atoms with Crippen molar-refractivity contribution in [3.8, 4) is 16.9 Å². The van der Waals surface area contributed by atoms with E-state index in [1.807, 2.05) is 49.4 Å². The second-order valence-corrected chi connectivity index (χ2v) is 6.44. The van der Waals surface area contributed by atoms with E-state index in [4.69, 9.17) is 0 Å². The molecule has 0 bridgehead atoms. The number of carbonyl (C=O) groups is 2. The van der Waals surface area contributed by atoms with Gasteiger partial charge in [-0.25, -0.2) is 0 Å². The molecule has 0 saturated heterocycles. The summed E-state index contributed by atoms with van der Waals surface area (Å²) in [5, 5.41) is 12.5. The van der Waals surface area contributed by atoms with Crippen molar-refractivity contribution in [2.75, 3.05) is 5.32 Å². The Morgan fingerprint density at radius 1 is 0.852 bits per heavy atom. The first-order chi connectivity index (χ1) is 13.0. The fourth-order valence-corrected chi connectivity index (χ4v) is 2.81. The van der Waals surface area contributed by atoms with Crippen molar-refractivity contribution < 1.29 is 14.7 Å². The molecule has 0 aromatic heterocycles. The topological polar surface area (TPSA) is 66.4 Å². The lowest BCUT2D eigenvalue weighted by molar-refractivity contribution is -0.116. The molecule has 0 aliphatic rings. The van der Waals surface area contributed by atoms with Crippen LogP contribution in [-0.4, -0.2) is 16.8 Å². The van der Waals surface area contributed by atoms with Crippen LogP contribution in [0.5, 0.6) is 5.75 Å². The molecule has 3 aromatic rings. The summed E-state index contributed by atoms with van der Waals surface area (Å²) in [7, 11) is 0. The number of nitrogens with one attached hydrogen (secondary N) is 1. The Kier molecular flexibility index (Phi) is 5.67. The zero-order chi connectivity index (χ0) is 19.2. The molecule has 0 radical (unpaired) electrons. The number of ketones is 1. The van der Waals surface area contributed by atoms with Gasteiger partial charge in [-0.2, -0.15) is 0 Å². The van der Waals surface area contributed by atoms with Gasteiger partial charge in [0.25, 0.3) is 0 Å². The monoisotopic (exact) mass is 359 g/mol. The van der Waals surface area contributed by atoms with E-state index in [2.05, 4.69) is 5.32 Å². The SMILES string of the molecule is Cc1ccc(NC(=O)CCC(=O)c2ccc(-c3ccccc3)cc2)c(O)c1. The van der Waals surface area contributed by atoms with Gasteiger partial charge >= 0.3 is 0 Å². The minimum absolute atomic E-state index is 0.0196. The normalized spacial score (nSPS) is 10.4. The molecular weight excluding hydrogens is 338 g/mol. The Balaban J connectivity index is 1.56. The molecule has 0 heterocycles. The average Bonchev–Trinajstić information content (AvgIpc) is 2.69. The van der Waals surface area contributed by atoms with E-state index in [9.17, 15) is 14.7 Å². The van der Waals surface area contributed by atoms with Crippen LogP contribution in [0.25, 0.3) is 11.1 Å². The molecule has 0 saturated carbocycles. The molecule has 3 rings (SSSR count). The van der Waals surface area contributed by atoms with Gasteiger partial charge in [-0.05, 0) is 35.7 Å². The van der Waals surface area contributed by atoms with Gasteiger partial charge in [0.15, 0.2) is 5.78 Å². The van der Waals surface area contributed by atoms with Crippen LogP contribution in [0.2, 0.25) is 0 Å². The third-order valence-corrected chi connectivity index (χ3v) is 4.32. The van der Waals surface area contributed by atoms with E-state index in [0.717, 1.165) is 16.7 Å². The lowest BCUT2D eigenvalue weighted by Gasteiger charge is -2.08. The Labute approximate surface area is 158 Å². The predicted octanol–water partition coefficient (Wildman–Crippen LogP) is 4.97. The minimum atomic E-state index is -0.302. The molecule has 0 unspecified atom stereocenters. The molecule has 1 amide bonds. The molecule has 0 spiro atoms. The van der Waals surface area contributed by atoms with Gasteiger partial charge in [-0.3, -0.25) is 9.59 Å². The Bertz CT molecular complexity index is 947. The molecule has 27 heavy (non-hydrogen) atoms. The zero-order valence-electron chi connectivity index (χ0n) is 15.1. The number of anilines is 1. The number of rotatable bonds is 6. The molecule has 0 aliphatic carbocycles. The van der Waals surface area contributed by atoms with E-state index in [-0.39, 0.29) is 30.3 Å². The molecular formula is C23H21NO3. The number of Topliss-reactive ketones (excluding diaryl/α,β-unsaturated/α-hetero) is 1. The molecule has 2 N–H and O–H groups in total. The lowest BCUT2D eigenvalue weighted by atomic mass is 10.0.